The van der Waals surface area contributed by atoms with Crippen molar-refractivity contribution in [1.82, 2.24) is 0 Å². The molecule has 16 heavy (non-hydrogen) atoms. The van der Waals surface area contributed by atoms with Gasteiger partial charge in [-0.1, -0.05) is 11.6 Å². The Morgan fingerprint density at radius 3 is 2.31 bits per heavy atom. The lowest BCUT2D eigenvalue weighted by Crippen LogP contribution is -2.15. The number of ketones is 1. The summed E-state index contributed by atoms with van der Waals surface area (Å²) in [6.45, 7) is 0. The predicted molar refractivity (Wildman–Crippen MR) is 51.5 cm³/mol. The third-order valence-electron chi connectivity index (χ3n) is 1.80. The third-order valence-corrected chi connectivity index (χ3v) is 2.41. The molecule has 0 saturated heterocycles. The molecule has 0 atom stereocenters. The normalized spacial score (nSPS) is 11.6. The Balaban J connectivity index is 3.51. The molecule has 0 aromatic heterocycles. The number of rotatable bonds is 2. The van der Waals surface area contributed by atoms with Crippen molar-refractivity contribution in [3.05, 3.63) is 34.1 Å². The van der Waals surface area contributed by atoms with Crippen LogP contribution in [0.15, 0.2) is 12.1 Å². The van der Waals surface area contributed by atoms with Gasteiger partial charge in [-0.15, -0.1) is 11.6 Å². The zero-order chi connectivity index (χ0) is 12.5. The monoisotopic (exact) mass is 274 g/mol. The maximum atomic E-state index is 12.9. The van der Waals surface area contributed by atoms with E-state index >= 15 is 0 Å². The Morgan fingerprint density at radius 1 is 1.31 bits per heavy atom. The summed E-state index contributed by atoms with van der Waals surface area (Å²) in [5.41, 5.74) is -2.21. The van der Waals surface area contributed by atoms with Gasteiger partial charge >= 0.3 is 6.18 Å². The molecule has 0 fully saturated rings. The summed E-state index contributed by atoms with van der Waals surface area (Å²) in [5.74, 6) is -2.87. The Morgan fingerprint density at radius 2 is 1.88 bits per heavy atom. The van der Waals surface area contributed by atoms with Crippen LogP contribution < -0.4 is 0 Å². The van der Waals surface area contributed by atoms with Crippen molar-refractivity contribution in [3.8, 4) is 0 Å². The van der Waals surface area contributed by atoms with Gasteiger partial charge in [0.25, 0.3) is 0 Å². The first-order valence-electron chi connectivity index (χ1n) is 3.93. The van der Waals surface area contributed by atoms with Crippen molar-refractivity contribution >= 4 is 29.0 Å². The lowest BCUT2D eigenvalue weighted by molar-refractivity contribution is -0.137. The first-order chi connectivity index (χ1) is 7.29. The molecule has 88 valence electrons. The average Bonchev–Trinajstić information content (AvgIpc) is 2.19. The highest BCUT2D eigenvalue weighted by molar-refractivity contribution is 6.37. The lowest BCUT2D eigenvalue weighted by atomic mass is 10.0. The van der Waals surface area contributed by atoms with Crippen molar-refractivity contribution in [3.63, 3.8) is 0 Å². The summed E-state index contributed by atoms with van der Waals surface area (Å²) in [6, 6.07) is 1.01. The zero-order valence-corrected chi connectivity index (χ0v) is 9.05. The quantitative estimate of drug-likeness (QED) is 0.454. The summed E-state index contributed by atoms with van der Waals surface area (Å²) in [5, 5.41) is -0.861. The van der Waals surface area contributed by atoms with Gasteiger partial charge < -0.3 is 0 Å². The molecule has 0 radical (unpaired) electrons. The Hall–Kier alpha value is -0.810. The molecule has 0 N–H and O–H groups in total. The van der Waals surface area contributed by atoms with Crippen LogP contribution in [0.4, 0.5) is 17.6 Å². The van der Waals surface area contributed by atoms with Crippen LogP contribution in [0.5, 0.6) is 0 Å². The molecule has 0 heterocycles. The van der Waals surface area contributed by atoms with Crippen molar-refractivity contribution in [1.29, 1.82) is 0 Å². The van der Waals surface area contributed by atoms with E-state index in [0.29, 0.717) is 12.1 Å². The number of Topliss-reactive ketones (excluding diaryl/α,β-unsaturated/α-hetero) is 1. The molecule has 7 heteroatoms. The van der Waals surface area contributed by atoms with Crippen LogP contribution >= 0.6 is 23.2 Å². The van der Waals surface area contributed by atoms with Crippen LogP contribution in [-0.2, 0) is 6.18 Å². The molecule has 0 saturated carbocycles. The van der Waals surface area contributed by atoms with E-state index in [0.717, 1.165) is 0 Å². The summed E-state index contributed by atoms with van der Waals surface area (Å²) in [6.07, 6.45) is -4.78. The second-order valence-corrected chi connectivity index (χ2v) is 3.48. The Labute approximate surface area is 98.0 Å². The minimum absolute atomic E-state index is 0.459. The summed E-state index contributed by atoms with van der Waals surface area (Å²) >= 11 is 10.5. The van der Waals surface area contributed by atoms with Crippen LogP contribution in [0.1, 0.15) is 15.9 Å². The van der Waals surface area contributed by atoms with Crippen molar-refractivity contribution in [2.75, 3.05) is 5.88 Å². The standard InChI is InChI=1S/C9H4Cl2F4O/c10-3-6(16)7-4(9(13,14)15)1-2-5(12)8(7)11/h1-2H,3H2. The first kappa shape index (κ1) is 13.3. The summed E-state index contributed by atoms with van der Waals surface area (Å²) in [7, 11) is 0. The minimum Gasteiger partial charge on any atom is -0.293 e. The van der Waals surface area contributed by atoms with E-state index < -0.39 is 39.8 Å². The average molecular weight is 275 g/mol. The van der Waals surface area contributed by atoms with Crippen molar-refractivity contribution in [2.45, 2.75) is 6.18 Å². The van der Waals surface area contributed by atoms with E-state index in [-0.39, 0.29) is 0 Å². The van der Waals surface area contributed by atoms with E-state index in [1.54, 1.807) is 0 Å². The molecule has 0 spiro atoms. The molecule has 0 unspecified atom stereocenters. The maximum absolute atomic E-state index is 12.9. The van der Waals surface area contributed by atoms with Crippen LogP contribution in [-0.4, -0.2) is 11.7 Å². The van der Waals surface area contributed by atoms with Crippen LogP contribution in [0.25, 0.3) is 0 Å². The maximum Gasteiger partial charge on any atom is 0.417 e. The van der Waals surface area contributed by atoms with Gasteiger partial charge in [-0.25, -0.2) is 4.39 Å². The van der Waals surface area contributed by atoms with E-state index in [1.165, 1.54) is 0 Å². The topological polar surface area (TPSA) is 17.1 Å². The largest absolute Gasteiger partial charge is 0.417 e. The highest BCUT2D eigenvalue weighted by atomic mass is 35.5. The molecule has 0 aliphatic rings. The highest BCUT2D eigenvalue weighted by Crippen LogP contribution is 2.36. The molecular formula is C9H4Cl2F4O. The predicted octanol–water partition coefficient (Wildman–Crippen LogP) is 3.92. The number of halogens is 6. The molecule has 0 aliphatic carbocycles. The summed E-state index contributed by atoms with van der Waals surface area (Å²) in [4.78, 5) is 11.2. The van der Waals surface area contributed by atoms with Gasteiger partial charge in [0.2, 0.25) is 0 Å². The number of carbonyl (C=O) groups excluding carboxylic acids is 1. The van der Waals surface area contributed by atoms with Gasteiger partial charge in [0.1, 0.15) is 5.82 Å². The molecule has 1 nitrogen and oxygen atoms in total. The van der Waals surface area contributed by atoms with Gasteiger partial charge in [-0.05, 0) is 12.1 Å². The Bertz CT molecular complexity index is 428. The number of alkyl halides is 4. The molecule has 1 aromatic rings. The fourth-order valence-corrected chi connectivity index (χ4v) is 1.53. The zero-order valence-electron chi connectivity index (χ0n) is 7.54. The SMILES string of the molecule is O=C(CCl)c1c(C(F)(F)F)ccc(F)c1Cl. The van der Waals surface area contributed by atoms with Crippen LogP contribution in [0, 0.1) is 5.82 Å². The van der Waals surface area contributed by atoms with E-state index in [9.17, 15) is 22.4 Å². The van der Waals surface area contributed by atoms with Gasteiger partial charge in [-0.3, -0.25) is 4.79 Å². The second-order valence-electron chi connectivity index (χ2n) is 2.84. The van der Waals surface area contributed by atoms with E-state index in [2.05, 4.69) is 0 Å². The van der Waals surface area contributed by atoms with Crippen LogP contribution in [0.2, 0.25) is 5.02 Å². The molecule has 0 amide bonds. The molecular weight excluding hydrogens is 271 g/mol. The lowest BCUT2D eigenvalue weighted by Gasteiger charge is -2.12. The van der Waals surface area contributed by atoms with Gasteiger partial charge in [-0.2, -0.15) is 13.2 Å². The van der Waals surface area contributed by atoms with Crippen molar-refractivity contribution < 1.29 is 22.4 Å². The Kier molecular flexibility index (Phi) is 3.80. The summed E-state index contributed by atoms with van der Waals surface area (Å²) < 4.78 is 50.4. The number of hydrogen-bond donors (Lipinski definition) is 0. The van der Waals surface area contributed by atoms with Gasteiger partial charge in [0.05, 0.1) is 22.0 Å². The minimum atomic E-state index is -4.78. The van der Waals surface area contributed by atoms with E-state index in [1.807, 2.05) is 0 Å². The molecule has 0 aliphatic heterocycles. The fraction of sp³-hybridized carbons (Fsp3) is 0.222. The van der Waals surface area contributed by atoms with Gasteiger partial charge in [0, 0.05) is 0 Å². The third kappa shape index (κ3) is 2.47. The number of benzene rings is 1. The number of hydrogen-bond acceptors (Lipinski definition) is 1. The fourth-order valence-electron chi connectivity index (χ4n) is 1.13. The van der Waals surface area contributed by atoms with Crippen LogP contribution in [0.3, 0.4) is 0 Å². The first-order valence-corrected chi connectivity index (χ1v) is 4.84. The van der Waals surface area contributed by atoms with Gasteiger partial charge in [0.15, 0.2) is 5.78 Å². The molecule has 1 aromatic carbocycles. The smallest absolute Gasteiger partial charge is 0.293 e. The molecule has 1 rings (SSSR count). The van der Waals surface area contributed by atoms with Crippen molar-refractivity contribution in [2.24, 2.45) is 0 Å². The second kappa shape index (κ2) is 4.59. The van der Waals surface area contributed by atoms with E-state index in [4.69, 9.17) is 23.2 Å². The molecule has 0 bridgehead atoms. The highest BCUT2D eigenvalue weighted by Gasteiger charge is 2.36. The number of carbonyl (C=O) groups is 1.